The van der Waals surface area contributed by atoms with Crippen molar-refractivity contribution in [1.29, 1.82) is 0 Å². The average Bonchev–Trinajstić information content (AvgIpc) is 2.22. The molecule has 0 aliphatic rings. The Labute approximate surface area is 95.1 Å². The van der Waals surface area contributed by atoms with Gasteiger partial charge in [-0.1, -0.05) is 6.92 Å². The van der Waals surface area contributed by atoms with E-state index in [0.717, 1.165) is 12.1 Å². The van der Waals surface area contributed by atoms with Crippen LogP contribution in [0.15, 0.2) is 23.1 Å². The van der Waals surface area contributed by atoms with Crippen LogP contribution in [-0.4, -0.2) is 15.7 Å². The minimum atomic E-state index is -1.59. The molecule has 2 nitrogen and oxygen atoms in total. The molecule has 0 saturated carbocycles. The van der Waals surface area contributed by atoms with Crippen LogP contribution in [0.4, 0.5) is 8.78 Å². The molecule has 0 bridgehead atoms. The molecule has 0 heterocycles. The van der Waals surface area contributed by atoms with Crippen molar-refractivity contribution in [2.45, 2.75) is 24.7 Å². The van der Waals surface area contributed by atoms with E-state index in [-0.39, 0.29) is 16.4 Å². The van der Waals surface area contributed by atoms with Crippen molar-refractivity contribution in [3.63, 3.8) is 0 Å². The van der Waals surface area contributed by atoms with Gasteiger partial charge < -0.3 is 0 Å². The fourth-order valence-corrected chi connectivity index (χ4v) is 2.26. The van der Waals surface area contributed by atoms with E-state index in [2.05, 4.69) is 0 Å². The summed E-state index contributed by atoms with van der Waals surface area (Å²) in [6, 6.07) is 3.01. The molecular formula is C11H12F2O2S. The minimum Gasteiger partial charge on any atom is -0.299 e. The fourth-order valence-electron chi connectivity index (χ4n) is 1.20. The normalized spacial score (nSPS) is 12.4. The summed E-state index contributed by atoms with van der Waals surface area (Å²) in [6.45, 7) is 1.85. The van der Waals surface area contributed by atoms with Crippen LogP contribution in [0.2, 0.25) is 0 Å². The molecule has 88 valence electrons. The lowest BCUT2D eigenvalue weighted by atomic mass is 10.3. The average molecular weight is 246 g/mol. The highest BCUT2D eigenvalue weighted by molar-refractivity contribution is 7.85. The molecule has 0 aromatic heterocycles. The molecule has 0 fully saturated rings. The van der Waals surface area contributed by atoms with Crippen LogP contribution in [-0.2, 0) is 15.6 Å². The topological polar surface area (TPSA) is 34.1 Å². The third-order valence-electron chi connectivity index (χ3n) is 1.97. The molecule has 0 aliphatic carbocycles. The van der Waals surface area contributed by atoms with Gasteiger partial charge in [0.2, 0.25) is 0 Å². The van der Waals surface area contributed by atoms with E-state index in [4.69, 9.17) is 0 Å². The first-order chi connectivity index (χ1) is 7.54. The molecule has 0 amide bonds. The first kappa shape index (κ1) is 13.0. The molecule has 16 heavy (non-hydrogen) atoms. The molecule has 0 aliphatic heterocycles. The maximum absolute atomic E-state index is 12.8. The second kappa shape index (κ2) is 5.84. The predicted molar refractivity (Wildman–Crippen MR) is 57.5 cm³/mol. The summed E-state index contributed by atoms with van der Waals surface area (Å²) in [7, 11) is -1.59. The number of carbonyl (C=O) groups excluding carboxylic acids is 1. The van der Waals surface area contributed by atoms with Gasteiger partial charge in [-0.2, -0.15) is 0 Å². The van der Waals surface area contributed by atoms with Crippen molar-refractivity contribution in [1.82, 2.24) is 0 Å². The lowest BCUT2D eigenvalue weighted by molar-refractivity contribution is -0.116. The Morgan fingerprint density at radius 1 is 1.31 bits per heavy atom. The second-order valence-corrected chi connectivity index (χ2v) is 4.81. The first-order valence-corrected chi connectivity index (χ1v) is 6.21. The lowest BCUT2D eigenvalue weighted by Gasteiger charge is -2.01. The van der Waals surface area contributed by atoms with Crippen LogP contribution in [0.1, 0.15) is 19.8 Å². The molecule has 1 atom stereocenters. The molecule has 1 aromatic rings. The van der Waals surface area contributed by atoms with E-state index in [0.29, 0.717) is 12.8 Å². The Balaban J connectivity index is 2.73. The van der Waals surface area contributed by atoms with Gasteiger partial charge >= 0.3 is 0 Å². The van der Waals surface area contributed by atoms with Gasteiger partial charge in [-0.05, 0) is 24.6 Å². The van der Waals surface area contributed by atoms with Gasteiger partial charge in [0.05, 0.1) is 16.6 Å². The molecular weight excluding hydrogens is 234 g/mol. The fraction of sp³-hybridized carbons (Fsp3) is 0.364. The van der Waals surface area contributed by atoms with Crippen molar-refractivity contribution < 1.29 is 17.8 Å². The summed E-state index contributed by atoms with van der Waals surface area (Å²) in [6.07, 6.45) is 1.04. The van der Waals surface area contributed by atoms with Gasteiger partial charge in [-0.25, -0.2) is 8.78 Å². The highest BCUT2D eigenvalue weighted by Gasteiger charge is 2.11. The van der Waals surface area contributed by atoms with E-state index >= 15 is 0 Å². The number of halogens is 2. The van der Waals surface area contributed by atoms with Gasteiger partial charge in [-0.15, -0.1) is 0 Å². The smallest absolute Gasteiger partial charge is 0.160 e. The number of ketones is 1. The Morgan fingerprint density at radius 3 is 2.56 bits per heavy atom. The summed E-state index contributed by atoms with van der Waals surface area (Å²) in [4.78, 5) is 11.4. The second-order valence-electron chi connectivity index (χ2n) is 3.35. The van der Waals surface area contributed by atoms with E-state index in [1.165, 1.54) is 6.07 Å². The van der Waals surface area contributed by atoms with Crippen molar-refractivity contribution in [3.8, 4) is 0 Å². The number of rotatable bonds is 5. The molecule has 5 heteroatoms. The van der Waals surface area contributed by atoms with Gasteiger partial charge in [0.1, 0.15) is 5.78 Å². The van der Waals surface area contributed by atoms with Crippen LogP contribution < -0.4 is 0 Å². The number of hydrogen-bond donors (Lipinski definition) is 0. The Morgan fingerprint density at radius 2 is 2.00 bits per heavy atom. The van der Waals surface area contributed by atoms with Crippen LogP contribution >= 0.6 is 0 Å². The van der Waals surface area contributed by atoms with E-state index in [1.54, 1.807) is 0 Å². The summed E-state index contributed by atoms with van der Waals surface area (Å²) in [5, 5.41) is 0. The zero-order valence-corrected chi connectivity index (χ0v) is 9.65. The maximum atomic E-state index is 12.8. The largest absolute Gasteiger partial charge is 0.299 e. The Bertz CT molecular complexity index is 418. The van der Waals surface area contributed by atoms with E-state index in [9.17, 15) is 17.8 Å². The van der Waals surface area contributed by atoms with Gasteiger partial charge in [0.15, 0.2) is 11.6 Å². The van der Waals surface area contributed by atoms with Crippen molar-refractivity contribution in [2.24, 2.45) is 0 Å². The van der Waals surface area contributed by atoms with Crippen molar-refractivity contribution in [2.75, 3.05) is 5.75 Å². The summed E-state index contributed by atoms with van der Waals surface area (Å²) in [5.41, 5.74) is 0. The Kier molecular flexibility index (Phi) is 4.73. The minimum absolute atomic E-state index is 0.134. The van der Waals surface area contributed by atoms with Crippen LogP contribution in [0.5, 0.6) is 0 Å². The van der Waals surface area contributed by atoms with Crippen molar-refractivity contribution >= 4 is 16.6 Å². The predicted octanol–water partition coefficient (Wildman–Crippen LogP) is 2.44. The summed E-state index contributed by atoms with van der Waals surface area (Å²) < 4.78 is 37.0. The summed E-state index contributed by atoms with van der Waals surface area (Å²) >= 11 is 0. The molecule has 0 spiro atoms. The quantitative estimate of drug-likeness (QED) is 0.799. The first-order valence-electron chi connectivity index (χ1n) is 4.89. The number of carbonyl (C=O) groups is 1. The number of hydrogen-bond acceptors (Lipinski definition) is 2. The number of benzene rings is 1. The van der Waals surface area contributed by atoms with E-state index in [1.807, 2.05) is 6.92 Å². The number of Topliss-reactive ketones (excluding diaryl/α,β-unsaturated/α-hetero) is 1. The third-order valence-corrected chi connectivity index (χ3v) is 3.34. The third kappa shape index (κ3) is 3.48. The summed E-state index contributed by atoms with van der Waals surface area (Å²) in [5.74, 6) is -2.31. The molecule has 1 aromatic carbocycles. The van der Waals surface area contributed by atoms with E-state index < -0.39 is 22.4 Å². The molecule has 1 unspecified atom stereocenters. The highest BCUT2D eigenvalue weighted by atomic mass is 32.2. The monoisotopic (exact) mass is 246 g/mol. The zero-order chi connectivity index (χ0) is 12.1. The van der Waals surface area contributed by atoms with Gasteiger partial charge in [-0.3, -0.25) is 9.00 Å². The zero-order valence-electron chi connectivity index (χ0n) is 8.83. The SMILES string of the molecule is CCCC(=O)CS(=O)c1ccc(F)c(F)c1. The molecule has 0 N–H and O–H groups in total. The standard InChI is InChI=1S/C11H12F2O2S/c1-2-3-8(14)7-16(15)9-4-5-10(12)11(13)6-9/h4-6H,2-3,7H2,1H3. The maximum Gasteiger partial charge on any atom is 0.160 e. The van der Waals surface area contributed by atoms with Gasteiger partial charge in [0.25, 0.3) is 0 Å². The van der Waals surface area contributed by atoms with Crippen LogP contribution in [0.3, 0.4) is 0 Å². The molecule has 0 saturated heterocycles. The van der Waals surface area contributed by atoms with Crippen LogP contribution in [0, 0.1) is 11.6 Å². The molecule has 1 rings (SSSR count). The molecule has 0 radical (unpaired) electrons. The van der Waals surface area contributed by atoms with Crippen LogP contribution in [0.25, 0.3) is 0 Å². The highest BCUT2D eigenvalue weighted by Crippen LogP contribution is 2.12. The van der Waals surface area contributed by atoms with Gasteiger partial charge in [0, 0.05) is 11.3 Å². The lowest BCUT2D eigenvalue weighted by Crippen LogP contribution is -2.10. The Hall–Kier alpha value is -1.10. The van der Waals surface area contributed by atoms with Crippen molar-refractivity contribution in [3.05, 3.63) is 29.8 Å².